The number of rotatable bonds is 3. The number of aryl methyl sites for hydroxylation is 2. The molecule has 0 aromatic carbocycles. The van der Waals surface area contributed by atoms with Crippen molar-refractivity contribution in [1.29, 1.82) is 0 Å². The van der Waals surface area contributed by atoms with Gasteiger partial charge in [0, 0.05) is 22.7 Å². The summed E-state index contributed by atoms with van der Waals surface area (Å²) in [6.07, 6.45) is 3.72. The highest BCUT2D eigenvalue weighted by Gasteiger charge is 2.00. The number of hydrogen-bond donors (Lipinski definition) is 1. The van der Waals surface area contributed by atoms with Crippen molar-refractivity contribution in [3.05, 3.63) is 33.5 Å². The summed E-state index contributed by atoms with van der Waals surface area (Å²) in [5.41, 5.74) is 11.1. The zero-order chi connectivity index (χ0) is 9.68. The van der Waals surface area contributed by atoms with E-state index in [4.69, 9.17) is 5.53 Å². The van der Waals surface area contributed by atoms with Crippen molar-refractivity contribution in [2.45, 2.75) is 13.8 Å². The highest BCUT2D eigenvalue weighted by atomic mass is 15.1. The van der Waals surface area contributed by atoms with Crippen LogP contribution in [0.2, 0.25) is 0 Å². The molecule has 1 rings (SSSR count). The molecule has 68 valence electrons. The van der Waals surface area contributed by atoms with Gasteiger partial charge in [0.05, 0.1) is 5.69 Å². The lowest BCUT2D eigenvalue weighted by Gasteiger charge is -1.89. The molecular weight excluding hydrogens is 166 g/mol. The van der Waals surface area contributed by atoms with Gasteiger partial charge in [-0.15, -0.1) is 0 Å². The molecule has 0 saturated carbocycles. The van der Waals surface area contributed by atoms with Crippen molar-refractivity contribution < 1.29 is 0 Å². The smallest absolute Gasteiger partial charge is 0.0666 e. The van der Waals surface area contributed by atoms with Crippen LogP contribution in [0, 0.1) is 13.8 Å². The van der Waals surface area contributed by atoms with Gasteiger partial charge in [-0.3, -0.25) is 5.10 Å². The Hall–Kier alpha value is -1.74. The fourth-order valence-electron chi connectivity index (χ4n) is 1.06. The number of aromatic amines is 1. The van der Waals surface area contributed by atoms with Gasteiger partial charge in [-0.05, 0) is 19.4 Å². The minimum absolute atomic E-state index is 0.376. The molecule has 5 heteroatoms. The van der Waals surface area contributed by atoms with Crippen molar-refractivity contribution in [3.63, 3.8) is 0 Å². The summed E-state index contributed by atoms with van der Waals surface area (Å²) in [4.78, 5) is 2.65. The molecule has 1 aromatic rings. The first-order valence-corrected chi connectivity index (χ1v) is 3.94. The largest absolute Gasteiger partial charge is 0.282 e. The first-order chi connectivity index (χ1) is 6.25. The van der Waals surface area contributed by atoms with E-state index in [0.717, 1.165) is 17.0 Å². The number of azide groups is 1. The molecular formula is C8H11N5. The van der Waals surface area contributed by atoms with Crippen LogP contribution in [0.25, 0.3) is 16.5 Å². The van der Waals surface area contributed by atoms with Crippen LogP contribution in [0.15, 0.2) is 11.2 Å². The van der Waals surface area contributed by atoms with Crippen LogP contribution < -0.4 is 0 Å². The van der Waals surface area contributed by atoms with Crippen molar-refractivity contribution in [3.8, 4) is 0 Å². The molecule has 0 aliphatic rings. The molecule has 0 atom stereocenters. The van der Waals surface area contributed by atoms with E-state index in [0.29, 0.717) is 6.54 Å². The molecule has 1 heterocycles. The van der Waals surface area contributed by atoms with E-state index in [1.165, 1.54) is 0 Å². The predicted molar refractivity (Wildman–Crippen MR) is 51.1 cm³/mol. The van der Waals surface area contributed by atoms with Crippen LogP contribution in [-0.2, 0) is 0 Å². The lowest BCUT2D eigenvalue weighted by atomic mass is 10.2. The fourth-order valence-corrected chi connectivity index (χ4v) is 1.06. The Kier molecular flexibility index (Phi) is 3.11. The highest BCUT2D eigenvalue weighted by Crippen LogP contribution is 2.10. The number of aromatic nitrogens is 2. The van der Waals surface area contributed by atoms with Gasteiger partial charge in [0.2, 0.25) is 0 Å². The third kappa shape index (κ3) is 2.35. The van der Waals surface area contributed by atoms with E-state index in [1.54, 1.807) is 0 Å². The van der Waals surface area contributed by atoms with E-state index in [9.17, 15) is 0 Å². The van der Waals surface area contributed by atoms with E-state index in [1.807, 2.05) is 26.0 Å². The Bertz CT molecular complexity index is 337. The number of H-pyrrole nitrogens is 1. The Morgan fingerprint density at radius 1 is 1.62 bits per heavy atom. The molecule has 0 amide bonds. The molecule has 0 saturated heterocycles. The quantitative estimate of drug-likeness (QED) is 0.429. The van der Waals surface area contributed by atoms with Gasteiger partial charge in [-0.2, -0.15) is 5.10 Å². The van der Waals surface area contributed by atoms with Gasteiger partial charge in [0.1, 0.15) is 0 Å². The third-order valence-electron chi connectivity index (χ3n) is 1.72. The van der Waals surface area contributed by atoms with E-state index in [2.05, 4.69) is 20.2 Å². The van der Waals surface area contributed by atoms with Crippen molar-refractivity contribution in [2.24, 2.45) is 5.11 Å². The first kappa shape index (κ1) is 9.35. The van der Waals surface area contributed by atoms with E-state index in [-0.39, 0.29) is 0 Å². The van der Waals surface area contributed by atoms with Crippen LogP contribution in [0.1, 0.15) is 17.0 Å². The number of nitrogens with zero attached hydrogens (tertiary/aromatic N) is 4. The normalized spacial score (nSPS) is 10.3. The zero-order valence-electron chi connectivity index (χ0n) is 7.65. The predicted octanol–water partition coefficient (Wildman–Crippen LogP) is 2.35. The summed E-state index contributed by atoms with van der Waals surface area (Å²) in [5, 5.41) is 10.3. The second-order valence-electron chi connectivity index (χ2n) is 2.66. The van der Waals surface area contributed by atoms with Gasteiger partial charge < -0.3 is 0 Å². The summed E-state index contributed by atoms with van der Waals surface area (Å²) < 4.78 is 0. The molecule has 0 aliphatic heterocycles. The van der Waals surface area contributed by atoms with Crippen molar-refractivity contribution >= 4 is 6.08 Å². The molecule has 0 radical (unpaired) electrons. The minimum atomic E-state index is 0.376. The zero-order valence-corrected chi connectivity index (χ0v) is 7.65. The highest BCUT2D eigenvalue weighted by molar-refractivity contribution is 5.54. The van der Waals surface area contributed by atoms with Crippen LogP contribution in [0.5, 0.6) is 0 Å². The van der Waals surface area contributed by atoms with E-state index < -0.39 is 0 Å². The number of nitrogens with one attached hydrogen (secondary N) is 1. The molecule has 0 unspecified atom stereocenters. The van der Waals surface area contributed by atoms with Gasteiger partial charge in [0.15, 0.2) is 0 Å². The SMILES string of the molecule is Cc1n[nH]c(C)c1C=CCN=[N+]=[N-]. The maximum atomic E-state index is 8.04. The van der Waals surface area contributed by atoms with E-state index >= 15 is 0 Å². The van der Waals surface area contributed by atoms with Gasteiger partial charge in [-0.1, -0.05) is 17.3 Å². The maximum absolute atomic E-state index is 8.04. The minimum Gasteiger partial charge on any atom is -0.282 e. The second-order valence-corrected chi connectivity index (χ2v) is 2.66. The van der Waals surface area contributed by atoms with Gasteiger partial charge in [0.25, 0.3) is 0 Å². The average molecular weight is 177 g/mol. The van der Waals surface area contributed by atoms with Crippen LogP contribution in [0.4, 0.5) is 0 Å². The number of hydrogen-bond acceptors (Lipinski definition) is 2. The summed E-state index contributed by atoms with van der Waals surface area (Å²) in [6.45, 7) is 4.25. The second kappa shape index (κ2) is 4.33. The standard InChI is InChI=1S/C8H11N5/c1-6-8(7(2)12-11-6)4-3-5-10-13-9/h3-4H,5H2,1-2H3,(H,11,12). The first-order valence-electron chi connectivity index (χ1n) is 3.94. The molecule has 5 nitrogen and oxygen atoms in total. The molecule has 13 heavy (non-hydrogen) atoms. The summed E-state index contributed by atoms with van der Waals surface area (Å²) in [7, 11) is 0. The van der Waals surface area contributed by atoms with Gasteiger partial charge >= 0.3 is 0 Å². The summed E-state index contributed by atoms with van der Waals surface area (Å²) in [5.74, 6) is 0. The Labute approximate surface area is 76.1 Å². The Morgan fingerprint density at radius 3 is 2.92 bits per heavy atom. The third-order valence-corrected chi connectivity index (χ3v) is 1.72. The average Bonchev–Trinajstić information content (AvgIpc) is 2.42. The summed E-state index contributed by atoms with van der Waals surface area (Å²) >= 11 is 0. The fraction of sp³-hybridized carbons (Fsp3) is 0.375. The van der Waals surface area contributed by atoms with Crippen molar-refractivity contribution in [2.75, 3.05) is 6.54 Å². The maximum Gasteiger partial charge on any atom is 0.0666 e. The molecule has 0 bridgehead atoms. The lowest BCUT2D eigenvalue weighted by Crippen LogP contribution is -1.77. The molecule has 0 fully saturated rings. The molecule has 1 N–H and O–H groups in total. The molecule has 0 spiro atoms. The van der Waals surface area contributed by atoms with Crippen LogP contribution in [-0.4, -0.2) is 16.7 Å². The Morgan fingerprint density at radius 2 is 2.38 bits per heavy atom. The van der Waals surface area contributed by atoms with Crippen molar-refractivity contribution in [1.82, 2.24) is 10.2 Å². The lowest BCUT2D eigenvalue weighted by molar-refractivity contribution is 1.02. The monoisotopic (exact) mass is 177 g/mol. The van der Waals surface area contributed by atoms with Crippen LogP contribution in [0.3, 0.4) is 0 Å². The topological polar surface area (TPSA) is 77.4 Å². The Balaban J connectivity index is 2.72. The summed E-state index contributed by atoms with van der Waals surface area (Å²) in [6, 6.07) is 0. The van der Waals surface area contributed by atoms with Crippen LogP contribution >= 0.6 is 0 Å². The molecule has 1 aromatic heterocycles. The van der Waals surface area contributed by atoms with Gasteiger partial charge in [-0.25, -0.2) is 0 Å². The molecule has 0 aliphatic carbocycles.